The van der Waals surface area contributed by atoms with Crippen LogP contribution < -0.4 is 0 Å². The van der Waals surface area contributed by atoms with Gasteiger partial charge in [0.2, 0.25) is 0 Å². The van der Waals surface area contributed by atoms with Gasteiger partial charge in [0.1, 0.15) is 0 Å². The SMILES string of the molecule is C/C=C/C1CCC(C2CCC(C)CC2)CC1.C=CC.CCC(C)CCC(C)C1CCC(C)CC1. The summed E-state index contributed by atoms with van der Waals surface area (Å²) in [7, 11) is 0. The van der Waals surface area contributed by atoms with E-state index in [1.54, 1.807) is 6.08 Å². The molecular weight excluding hydrogens is 408 g/mol. The van der Waals surface area contributed by atoms with Gasteiger partial charge in [0.05, 0.1) is 0 Å². The maximum Gasteiger partial charge on any atom is -0.0233 e. The van der Waals surface area contributed by atoms with Gasteiger partial charge in [0.25, 0.3) is 0 Å². The first-order chi connectivity index (χ1) is 16.3. The minimum Gasteiger partial charge on any atom is -0.103 e. The molecule has 0 aliphatic heterocycles. The number of hydrogen-bond donors (Lipinski definition) is 0. The Morgan fingerprint density at radius 3 is 1.59 bits per heavy atom. The molecule has 0 amide bonds. The summed E-state index contributed by atoms with van der Waals surface area (Å²) >= 11 is 0. The monoisotopic (exact) mass is 473 g/mol. The summed E-state index contributed by atoms with van der Waals surface area (Å²) < 4.78 is 0. The average molecular weight is 473 g/mol. The predicted molar refractivity (Wildman–Crippen MR) is 156 cm³/mol. The molecule has 200 valence electrons. The van der Waals surface area contributed by atoms with Crippen molar-refractivity contribution in [2.75, 3.05) is 0 Å². The Labute approximate surface area is 216 Å². The molecule has 3 aliphatic rings. The van der Waals surface area contributed by atoms with Crippen LogP contribution in [0.3, 0.4) is 0 Å². The van der Waals surface area contributed by atoms with Crippen molar-refractivity contribution in [2.24, 2.45) is 47.3 Å². The second-order valence-electron chi connectivity index (χ2n) is 12.7. The summed E-state index contributed by atoms with van der Waals surface area (Å²) in [6, 6.07) is 0. The average Bonchev–Trinajstić information content (AvgIpc) is 2.85. The van der Waals surface area contributed by atoms with Crippen LogP contribution in [0.1, 0.15) is 145 Å². The topological polar surface area (TPSA) is 0 Å². The molecule has 3 rings (SSSR count). The van der Waals surface area contributed by atoms with E-state index in [0.29, 0.717) is 0 Å². The lowest BCUT2D eigenvalue weighted by Gasteiger charge is -2.36. The summed E-state index contributed by atoms with van der Waals surface area (Å²) in [6.07, 6.45) is 28.7. The quantitative estimate of drug-likeness (QED) is 0.323. The van der Waals surface area contributed by atoms with E-state index in [2.05, 4.69) is 60.3 Å². The van der Waals surface area contributed by atoms with Crippen molar-refractivity contribution in [1.82, 2.24) is 0 Å². The van der Waals surface area contributed by atoms with Gasteiger partial charge >= 0.3 is 0 Å². The third kappa shape index (κ3) is 13.0. The lowest BCUT2D eigenvalue weighted by molar-refractivity contribution is 0.160. The highest BCUT2D eigenvalue weighted by Gasteiger charge is 2.29. The van der Waals surface area contributed by atoms with Gasteiger partial charge in [-0.05, 0) is 113 Å². The Bertz CT molecular complexity index is 492. The van der Waals surface area contributed by atoms with Gasteiger partial charge in [0.15, 0.2) is 0 Å². The molecule has 3 aliphatic carbocycles. The zero-order valence-electron chi connectivity index (χ0n) is 24.7. The molecule has 0 heteroatoms. The van der Waals surface area contributed by atoms with Gasteiger partial charge in [-0.3, -0.25) is 0 Å². The first-order valence-corrected chi connectivity index (χ1v) is 15.5. The molecule has 0 radical (unpaired) electrons. The molecular formula is C34H64. The molecule has 2 unspecified atom stereocenters. The molecule has 0 aromatic heterocycles. The van der Waals surface area contributed by atoms with Crippen molar-refractivity contribution in [2.45, 2.75) is 145 Å². The molecule has 0 N–H and O–H groups in total. The highest BCUT2D eigenvalue weighted by Crippen LogP contribution is 2.41. The van der Waals surface area contributed by atoms with Crippen molar-refractivity contribution in [3.8, 4) is 0 Å². The molecule has 0 aromatic carbocycles. The van der Waals surface area contributed by atoms with E-state index < -0.39 is 0 Å². The van der Waals surface area contributed by atoms with Gasteiger partial charge in [-0.1, -0.05) is 97.8 Å². The minimum atomic E-state index is 0.906. The van der Waals surface area contributed by atoms with E-state index in [-0.39, 0.29) is 0 Å². The maximum absolute atomic E-state index is 3.36. The zero-order chi connectivity index (χ0) is 25.3. The third-order valence-corrected chi connectivity index (χ3v) is 9.69. The number of allylic oxidation sites excluding steroid dienone is 3. The summed E-state index contributed by atoms with van der Waals surface area (Å²) in [5.74, 6) is 8.05. The summed E-state index contributed by atoms with van der Waals surface area (Å²) in [5.41, 5.74) is 0. The Morgan fingerprint density at radius 2 is 1.15 bits per heavy atom. The van der Waals surface area contributed by atoms with E-state index >= 15 is 0 Å². The Balaban J connectivity index is 0.000000306. The first kappa shape index (κ1) is 31.5. The smallest absolute Gasteiger partial charge is 0.0233 e. The zero-order valence-corrected chi connectivity index (χ0v) is 24.7. The van der Waals surface area contributed by atoms with Crippen LogP contribution in [0.4, 0.5) is 0 Å². The number of hydrogen-bond acceptors (Lipinski definition) is 0. The van der Waals surface area contributed by atoms with E-state index in [1.807, 2.05) is 6.92 Å². The molecule has 34 heavy (non-hydrogen) atoms. The second-order valence-corrected chi connectivity index (χ2v) is 12.7. The fraction of sp³-hybridized carbons (Fsp3) is 0.882. The minimum absolute atomic E-state index is 0.906. The Hall–Kier alpha value is -0.520. The lowest BCUT2D eigenvalue weighted by Crippen LogP contribution is -2.24. The van der Waals surface area contributed by atoms with E-state index in [1.165, 1.54) is 96.3 Å². The van der Waals surface area contributed by atoms with Gasteiger partial charge in [-0.15, -0.1) is 6.58 Å². The highest BCUT2D eigenvalue weighted by atomic mass is 14.3. The molecule has 0 saturated heterocycles. The lowest BCUT2D eigenvalue weighted by atomic mass is 9.69. The molecule has 0 aromatic rings. The summed E-state index contributed by atoms with van der Waals surface area (Å²) in [4.78, 5) is 0. The fourth-order valence-corrected chi connectivity index (χ4v) is 6.68. The molecule has 0 heterocycles. The summed E-state index contributed by atoms with van der Waals surface area (Å²) in [6.45, 7) is 19.5. The van der Waals surface area contributed by atoms with Gasteiger partial charge in [-0.2, -0.15) is 0 Å². The predicted octanol–water partition coefficient (Wildman–Crippen LogP) is 11.7. The molecule has 2 atom stereocenters. The largest absolute Gasteiger partial charge is 0.103 e. The molecule has 0 bridgehead atoms. The van der Waals surface area contributed by atoms with Crippen LogP contribution in [-0.2, 0) is 0 Å². The van der Waals surface area contributed by atoms with Crippen LogP contribution in [0, 0.1) is 47.3 Å². The normalized spacial score (nSPS) is 33.6. The second kappa shape index (κ2) is 18.7. The Morgan fingerprint density at radius 1 is 0.706 bits per heavy atom. The molecule has 3 fully saturated rings. The van der Waals surface area contributed by atoms with Crippen molar-refractivity contribution in [3.05, 3.63) is 24.8 Å². The van der Waals surface area contributed by atoms with Crippen LogP contribution in [0.25, 0.3) is 0 Å². The molecule has 0 nitrogen and oxygen atoms in total. The van der Waals surface area contributed by atoms with Crippen molar-refractivity contribution >= 4 is 0 Å². The maximum atomic E-state index is 3.36. The molecule has 0 spiro atoms. The van der Waals surface area contributed by atoms with Crippen molar-refractivity contribution in [3.63, 3.8) is 0 Å². The standard InChI is InChI=1S/C16H28.C15H30.C3H6/c1-3-4-14-7-11-16(12-8-14)15-9-5-13(2)6-10-15;1-5-12(2)6-9-14(4)15-10-7-13(3)8-11-15;1-3-2/h3-4,13-16H,5-12H2,1-2H3;12-15H,5-11H2,1-4H3;3H,1H2,2H3/b4-3+;;. The van der Waals surface area contributed by atoms with Crippen LogP contribution >= 0.6 is 0 Å². The van der Waals surface area contributed by atoms with E-state index in [9.17, 15) is 0 Å². The molecule has 3 saturated carbocycles. The van der Waals surface area contributed by atoms with Crippen molar-refractivity contribution < 1.29 is 0 Å². The van der Waals surface area contributed by atoms with Crippen LogP contribution in [-0.4, -0.2) is 0 Å². The Kier molecular flexibility index (Phi) is 17.3. The first-order valence-electron chi connectivity index (χ1n) is 15.5. The van der Waals surface area contributed by atoms with Gasteiger partial charge in [0, 0.05) is 0 Å². The van der Waals surface area contributed by atoms with Crippen LogP contribution in [0.5, 0.6) is 0 Å². The summed E-state index contributed by atoms with van der Waals surface area (Å²) in [5, 5.41) is 0. The van der Waals surface area contributed by atoms with Gasteiger partial charge < -0.3 is 0 Å². The third-order valence-electron chi connectivity index (χ3n) is 9.69. The van der Waals surface area contributed by atoms with Crippen LogP contribution in [0.15, 0.2) is 24.8 Å². The van der Waals surface area contributed by atoms with Gasteiger partial charge in [-0.25, -0.2) is 0 Å². The number of rotatable bonds is 7. The fourth-order valence-electron chi connectivity index (χ4n) is 6.68. The van der Waals surface area contributed by atoms with E-state index in [0.717, 1.165) is 47.3 Å². The van der Waals surface area contributed by atoms with Crippen molar-refractivity contribution in [1.29, 1.82) is 0 Å². The highest BCUT2D eigenvalue weighted by molar-refractivity contribution is 4.90. The van der Waals surface area contributed by atoms with E-state index in [4.69, 9.17) is 0 Å². The van der Waals surface area contributed by atoms with Crippen LogP contribution in [0.2, 0.25) is 0 Å².